The second-order valence-corrected chi connectivity index (χ2v) is 4.64. The molecule has 5 heteroatoms. The second kappa shape index (κ2) is 6.37. The number of rotatable bonds is 4. The van der Waals surface area contributed by atoms with Crippen LogP contribution in [0.5, 0.6) is 0 Å². The lowest BCUT2D eigenvalue weighted by atomic mass is 10.1. The molecule has 4 nitrogen and oxygen atoms in total. The maximum atomic E-state index is 13.7. The maximum Gasteiger partial charge on any atom is 0.260 e. The Kier molecular flexibility index (Phi) is 4.55. The van der Waals surface area contributed by atoms with Crippen molar-refractivity contribution in [2.75, 3.05) is 16.9 Å². The van der Waals surface area contributed by atoms with E-state index in [1.165, 1.54) is 12.1 Å². The van der Waals surface area contributed by atoms with Crippen molar-refractivity contribution in [3.63, 3.8) is 0 Å². The van der Waals surface area contributed by atoms with Gasteiger partial charge in [0.25, 0.3) is 5.91 Å². The maximum absolute atomic E-state index is 13.7. The summed E-state index contributed by atoms with van der Waals surface area (Å²) in [6, 6.07) is 11.9. The molecule has 0 saturated heterocycles. The van der Waals surface area contributed by atoms with E-state index in [1.54, 1.807) is 11.0 Å². The van der Waals surface area contributed by atoms with E-state index < -0.39 is 5.82 Å². The van der Waals surface area contributed by atoms with Crippen LogP contribution in [0, 0.1) is 12.7 Å². The van der Waals surface area contributed by atoms with Gasteiger partial charge in [0.05, 0.1) is 11.3 Å². The third-order valence-corrected chi connectivity index (χ3v) is 3.36. The Hall–Kier alpha value is -2.40. The second-order valence-electron chi connectivity index (χ2n) is 4.64. The number of nitrogen functional groups attached to an aromatic ring is 1. The summed E-state index contributed by atoms with van der Waals surface area (Å²) in [7, 11) is 0. The van der Waals surface area contributed by atoms with Gasteiger partial charge in [-0.05, 0) is 37.6 Å². The minimum absolute atomic E-state index is 0.00883. The zero-order chi connectivity index (χ0) is 15.4. The van der Waals surface area contributed by atoms with Gasteiger partial charge in [-0.3, -0.25) is 10.6 Å². The highest BCUT2D eigenvalue weighted by atomic mass is 19.1. The van der Waals surface area contributed by atoms with Crippen molar-refractivity contribution >= 4 is 17.3 Å². The molecule has 0 saturated carbocycles. The predicted molar refractivity (Wildman–Crippen MR) is 82.7 cm³/mol. The summed E-state index contributed by atoms with van der Waals surface area (Å²) in [5.74, 6) is 4.49. The zero-order valence-electron chi connectivity index (χ0n) is 12.1. The molecule has 110 valence electrons. The average molecular weight is 287 g/mol. The normalized spacial score (nSPS) is 10.3. The molecule has 1 amide bonds. The largest absolute Gasteiger partial charge is 0.321 e. The van der Waals surface area contributed by atoms with Crippen molar-refractivity contribution in [2.45, 2.75) is 13.8 Å². The Morgan fingerprint density at radius 1 is 1.24 bits per heavy atom. The number of para-hydroxylation sites is 2. The number of nitrogens with zero attached hydrogens (tertiary/aromatic N) is 1. The van der Waals surface area contributed by atoms with Crippen molar-refractivity contribution in [1.82, 2.24) is 0 Å². The quantitative estimate of drug-likeness (QED) is 0.671. The first-order valence-electron chi connectivity index (χ1n) is 6.72. The summed E-state index contributed by atoms with van der Waals surface area (Å²) in [4.78, 5) is 14.3. The molecule has 0 fully saturated rings. The van der Waals surface area contributed by atoms with Crippen LogP contribution in [-0.4, -0.2) is 12.5 Å². The minimum Gasteiger partial charge on any atom is -0.321 e. The Balaban J connectivity index is 2.47. The van der Waals surface area contributed by atoms with Crippen molar-refractivity contribution < 1.29 is 9.18 Å². The van der Waals surface area contributed by atoms with Gasteiger partial charge in [0.1, 0.15) is 5.82 Å². The van der Waals surface area contributed by atoms with Gasteiger partial charge in [-0.25, -0.2) is 4.39 Å². The van der Waals surface area contributed by atoms with Crippen LogP contribution in [-0.2, 0) is 0 Å². The van der Waals surface area contributed by atoms with Crippen molar-refractivity contribution in [3.05, 3.63) is 59.4 Å². The molecule has 2 aromatic carbocycles. The van der Waals surface area contributed by atoms with E-state index in [9.17, 15) is 9.18 Å². The lowest BCUT2D eigenvalue weighted by Gasteiger charge is -2.24. The molecule has 3 N–H and O–H groups in total. The minimum atomic E-state index is -0.552. The summed E-state index contributed by atoms with van der Waals surface area (Å²) in [5, 5.41) is 0. The number of carbonyl (C=O) groups excluding carboxylic acids is 1. The smallest absolute Gasteiger partial charge is 0.260 e. The number of nitrogens with two attached hydrogens (primary N) is 1. The van der Waals surface area contributed by atoms with E-state index in [1.807, 2.05) is 38.1 Å². The Labute approximate surface area is 123 Å². The van der Waals surface area contributed by atoms with Crippen molar-refractivity contribution in [2.24, 2.45) is 5.84 Å². The van der Waals surface area contributed by atoms with Crippen LogP contribution in [0.1, 0.15) is 22.8 Å². The molecule has 2 aromatic rings. The molecule has 0 unspecified atom stereocenters. The van der Waals surface area contributed by atoms with Crippen LogP contribution in [0.2, 0.25) is 0 Å². The summed E-state index contributed by atoms with van der Waals surface area (Å²) >= 11 is 0. The number of hydrogen-bond donors (Lipinski definition) is 2. The van der Waals surface area contributed by atoms with E-state index in [2.05, 4.69) is 5.43 Å². The lowest BCUT2D eigenvalue weighted by molar-refractivity contribution is 0.0988. The monoisotopic (exact) mass is 287 g/mol. The van der Waals surface area contributed by atoms with Gasteiger partial charge in [0, 0.05) is 12.2 Å². The molecule has 0 atom stereocenters. The van der Waals surface area contributed by atoms with E-state index in [-0.39, 0.29) is 17.2 Å². The first-order valence-corrected chi connectivity index (χ1v) is 6.72. The first kappa shape index (κ1) is 15.0. The lowest BCUT2D eigenvalue weighted by Crippen LogP contribution is -2.32. The molecule has 0 aliphatic rings. The molecule has 0 aliphatic heterocycles. The molecule has 0 bridgehead atoms. The van der Waals surface area contributed by atoms with E-state index >= 15 is 0 Å². The molecule has 21 heavy (non-hydrogen) atoms. The number of benzene rings is 2. The SMILES string of the molecule is CCN(C(=O)c1cccc(F)c1NN)c1ccccc1C. The van der Waals surface area contributed by atoms with Crippen LogP contribution < -0.4 is 16.2 Å². The predicted octanol–water partition coefficient (Wildman–Crippen LogP) is 3.09. The molecule has 0 heterocycles. The molecule has 0 spiro atoms. The number of hydrogen-bond acceptors (Lipinski definition) is 3. The summed E-state index contributed by atoms with van der Waals surface area (Å²) in [6.45, 7) is 4.28. The van der Waals surface area contributed by atoms with Crippen LogP contribution in [0.4, 0.5) is 15.8 Å². The van der Waals surface area contributed by atoms with Crippen LogP contribution in [0.25, 0.3) is 0 Å². The van der Waals surface area contributed by atoms with Gasteiger partial charge in [0.2, 0.25) is 0 Å². The third kappa shape index (κ3) is 2.87. The molecule has 2 rings (SSSR count). The molecular weight excluding hydrogens is 269 g/mol. The van der Waals surface area contributed by atoms with Crippen molar-refractivity contribution in [1.29, 1.82) is 0 Å². The molecule has 0 radical (unpaired) electrons. The highest BCUT2D eigenvalue weighted by Gasteiger charge is 2.21. The first-order chi connectivity index (χ1) is 10.1. The van der Waals surface area contributed by atoms with E-state index in [4.69, 9.17) is 5.84 Å². The van der Waals surface area contributed by atoms with Gasteiger partial charge in [0.15, 0.2) is 0 Å². The fraction of sp³-hybridized carbons (Fsp3) is 0.188. The fourth-order valence-corrected chi connectivity index (χ4v) is 2.28. The topological polar surface area (TPSA) is 58.4 Å². The number of anilines is 2. The summed E-state index contributed by atoms with van der Waals surface area (Å²) in [6.07, 6.45) is 0. The third-order valence-electron chi connectivity index (χ3n) is 3.36. The summed E-state index contributed by atoms with van der Waals surface area (Å²) in [5.41, 5.74) is 4.27. The zero-order valence-corrected chi connectivity index (χ0v) is 12.1. The number of nitrogens with one attached hydrogen (secondary N) is 1. The highest BCUT2D eigenvalue weighted by Crippen LogP contribution is 2.25. The molecule has 0 aliphatic carbocycles. The molecular formula is C16H18FN3O. The molecule has 0 aromatic heterocycles. The van der Waals surface area contributed by atoms with Gasteiger partial charge in [-0.15, -0.1) is 0 Å². The van der Waals surface area contributed by atoms with Gasteiger partial charge in [-0.2, -0.15) is 0 Å². The number of aryl methyl sites for hydroxylation is 1. The van der Waals surface area contributed by atoms with Gasteiger partial charge in [-0.1, -0.05) is 24.3 Å². The van der Waals surface area contributed by atoms with Gasteiger partial charge < -0.3 is 10.3 Å². The van der Waals surface area contributed by atoms with E-state index in [0.29, 0.717) is 6.54 Å². The number of hydrazine groups is 1. The van der Waals surface area contributed by atoms with Crippen LogP contribution in [0.15, 0.2) is 42.5 Å². The van der Waals surface area contributed by atoms with Crippen LogP contribution >= 0.6 is 0 Å². The summed E-state index contributed by atoms with van der Waals surface area (Å²) < 4.78 is 13.7. The Bertz CT molecular complexity index is 658. The Morgan fingerprint density at radius 2 is 1.95 bits per heavy atom. The van der Waals surface area contributed by atoms with Gasteiger partial charge >= 0.3 is 0 Å². The number of halogens is 1. The average Bonchev–Trinajstić information content (AvgIpc) is 2.49. The number of carbonyl (C=O) groups is 1. The number of amides is 1. The standard InChI is InChI=1S/C16H18FN3O/c1-3-20(14-10-5-4-7-11(14)2)16(21)12-8-6-9-13(17)15(12)19-18/h4-10,19H,3,18H2,1-2H3. The van der Waals surface area contributed by atoms with Crippen molar-refractivity contribution in [3.8, 4) is 0 Å². The fourth-order valence-electron chi connectivity index (χ4n) is 2.28. The van der Waals surface area contributed by atoms with Crippen LogP contribution in [0.3, 0.4) is 0 Å². The van der Waals surface area contributed by atoms with E-state index in [0.717, 1.165) is 11.3 Å². The highest BCUT2D eigenvalue weighted by molar-refractivity contribution is 6.09. The Morgan fingerprint density at radius 3 is 2.57 bits per heavy atom.